The molecule has 0 aliphatic carbocycles. The van der Waals surface area contributed by atoms with Crippen molar-refractivity contribution in [2.24, 2.45) is 12.0 Å². The normalized spacial score (nSPS) is 11.0. The Kier molecular flexibility index (Phi) is 10.6. The first-order valence-corrected chi connectivity index (χ1v) is 6.17. The second-order valence-electron chi connectivity index (χ2n) is 4.04. The molecule has 1 heterocycles. The molecule has 0 unspecified atom stereocenters. The van der Waals surface area contributed by atoms with E-state index in [4.69, 9.17) is 4.74 Å². The van der Waals surface area contributed by atoms with Gasteiger partial charge in [0.05, 0.1) is 12.8 Å². The van der Waals surface area contributed by atoms with E-state index in [9.17, 15) is 0 Å². The number of methoxy groups -OCH3 is 1. The Labute approximate surface area is 132 Å². The van der Waals surface area contributed by atoms with Crippen LogP contribution in [0.1, 0.15) is 12.0 Å². The van der Waals surface area contributed by atoms with Crippen molar-refractivity contribution in [3.63, 3.8) is 0 Å². The maximum atomic E-state index is 4.97. The van der Waals surface area contributed by atoms with Gasteiger partial charge >= 0.3 is 0 Å². The third-order valence-electron chi connectivity index (χ3n) is 2.52. The summed E-state index contributed by atoms with van der Waals surface area (Å²) in [4.78, 5) is 4.13. The predicted octanol–water partition coefficient (Wildman–Crippen LogP) is 0.782. The second-order valence-corrected chi connectivity index (χ2v) is 4.04. The van der Waals surface area contributed by atoms with Gasteiger partial charge in [-0.2, -0.15) is 5.10 Å². The minimum atomic E-state index is 0. The van der Waals surface area contributed by atoms with E-state index in [0.717, 1.165) is 31.9 Å². The van der Waals surface area contributed by atoms with Crippen LogP contribution in [0.15, 0.2) is 17.4 Å². The van der Waals surface area contributed by atoms with E-state index in [1.165, 1.54) is 5.56 Å². The average Bonchev–Trinajstić information content (AvgIpc) is 2.78. The maximum Gasteiger partial charge on any atom is 0.191 e. The number of hydrogen-bond donors (Lipinski definition) is 2. The van der Waals surface area contributed by atoms with Crippen molar-refractivity contribution in [3.8, 4) is 0 Å². The molecule has 0 aliphatic heterocycles. The SMILES string of the molecule is CN=C(NCCCc1cnn(C)c1)NCCOC.I. The molecule has 1 aromatic heterocycles. The van der Waals surface area contributed by atoms with Crippen molar-refractivity contribution in [1.29, 1.82) is 0 Å². The van der Waals surface area contributed by atoms with E-state index in [0.29, 0.717) is 6.61 Å². The Bertz CT molecular complexity index is 367. The average molecular weight is 381 g/mol. The van der Waals surface area contributed by atoms with Crippen LogP contribution in [0.2, 0.25) is 0 Å². The number of halogens is 1. The molecule has 1 rings (SSSR count). The van der Waals surface area contributed by atoms with Gasteiger partial charge in [0.2, 0.25) is 0 Å². The fourth-order valence-electron chi connectivity index (χ4n) is 1.59. The van der Waals surface area contributed by atoms with Crippen LogP contribution in [0.25, 0.3) is 0 Å². The summed E-state index contributed by atoms with van der Waals surface area (Å²) >= 11 is 0. The van der Waals surface area contributed by atoms with Crippen LogP contribution in [0, 0.1) is 0 Å². The highest BCUT2D eigenvalue weighted by Gasteiger charge is 1.98. The molecule has 0 aromatic carbocycles. The van der Waals surface area contributed by atoms with E-state index >= 15 is 0 Å². The van der Waals surface area contributed by atoms with Crippen LogP contribution in [0.5, 0.6) is 0 Å². The van der Waals surface area contributed by atoms with Gasteiger partial charge in [-0.1, -0.05) is 0 Å². The fraction of sp³-hybridized carbons (Fsp3) is 0.667. The third-order valence-corrected chi connectivity index (χ3v) is 2.52. The lowest BCUT2D eigenvalue weighted by atomic mass is 10.2. The summed E-state index contributed by atoms with van der Waals surface area (Å²) in [5, 5.41) is 10.6. The molecular formula is C12H24IN5O. The molecule has 110 valence electrons. The van der Waals surface area contributed by atoms with Crippen LogP contribution in [0.4, 0.5) is 0 Å². The highest BCUT2D eigenvalue weighted by Crippen LogP contribution is 1.99. The first-order chi connectivity index (χ1) is 8.76. The number of nitrogens with zero attached hydrogens (tertiary/aromatic N) is 3. The zero-order valence-corrected chi connectivity index (χ0v) is 14.2. The van der Waals surface area contributed by atoms with Gasteiger partial charge in [-0.25, -0.2) is 0 Å². The molecule has 2 N–H and O–H groups in total. The Morgan fingerprint density at radius 1 is 1.42 bits per heavy atom. The zero-order chi connectivity index (χ0) is 13.2. The van der Waals surface area contributed by atoms with Crippen molar-refractivity contribution in [2.75, 3.05) is 33.9 Å². The first-order valence-electron chi connectivity index (χ1n) is 6.17. The Hall–Kier alpha value is -0.830. The van der Waals surface area contributed by atoms with Gasteiger partial charge in [0.15, 0.2) is 5.96 Å². The molecule has 0 amide bonds. The number of aryl methyl sites for hydroxylation is 2. The number of nitrogens with one attached hydrogen (secondary N) is 2. The van der Waals surface area contributed by atoms with Crippen molar-refractivity contribution >= 4 is 29.9 Å². The number of aliphatic imine (C=N–C) groups is 1. The Balaban J connectivity index is 0.00000324. The van der Waals surface area contributed by atoms with Crippen LogP contribution in [-0.4, -0.2) is 49.6 Å². The summed E-state index contributed by atoms with van der Waals surface area (Å²) in [5.74, 6) is 0.818. The van der Waals surface area contributed by atoms with Crippen molar-refractivity contribution in [2.45, 2.75) is 12.8 Å². The van der Waals surface area contributed by atoms with Gasteiger partial charge in [-0.05, 0) is 18.4 Å². The zero-order valence-electron chi connectivity index (χ0n) is 11.8. The summed E-state index contributed by atoms with van der Waals surface area (Å²) < 4.78 is 6.80. The molecule has 19 heavy (non-hydrogen) atoms. The van der Waals surface area contributed by atoms with E-state index in [2.05, 4.69) is 20.7 Å². The lowest BCUT2D eigenvalue weighted by Crippen LogP contribution is -2.39. The standard InChI is InChI=1S/C12H23N5O.HI/c1-13-12(15-7-8-18-3)14-6-4-5-11-9-16-17(2)10-11;/h9-10H,4-8H2,1-3H3,(H2,13,14,15);1H. The van der Waals surface area contributed by atoms with E-state index in [1.807, 2.05) is 24.1 Å². The molecule has 0 aliphatic rings. The lowest BCUT2D eigenvalue weighted by Gasteiger charge is -2.10. The quantitative estimate of drug-likeness (QED) is 0.317. The molecule has 0 atom stereocenters. The summed E-state index contributed by atoms with van der Waals surface area (Å²) in [6.07, 6.45) is 6.03. The minimum Gasteiger partial charge on any atom is -0.383 e. The molecule has 0 saturated heterocycles. The number of guanidine groups is 1. The van der Waals surface area contributed by atoms with Crippen LogP contribution in [-0.2, 0) is 18.2 Å². The van der Waals surface area contributed by atoms with Gasteiger partial charge in [0.1, 0.15) is 0 Å². The van der Waals surface area contributed by atoms with E-state index < -0.39 is 0 Å². The van der Waals surface area contributed by atoms with E-state index in [-0.39, 0.29) is 24.0 Å². The fourth-order valence-corrected chi connectivity index (χ4v) is 1.59. The lowest BCUT2D eigenvalue weighted by molar-refractivity contribution is 0.203. The molecule has 7 heteroatoms. The highest BCUT2D eigenvalue weighted by atomic mass is 127. The molecule has 6 nitrogen and oxygen atoms in total. The van der Waals surface area contributed by atoms with Crippen molar-refractivity contribution in [1.82, 2.24) is 20.4 Å². The molecule has 0 radical (unpaired) electrons. The molecule has 0 spiro atoms. The summed E-state index contributed by atoms with van der Waals surface area (Å²) in [5.41, 5.74) is 1.27. The monoisotopic (exact) mass is 381 g/mol. The van der Waals surface area contributed by atoms with Crippen molar-refractivity contribution < 1.29 is 4.74 Å². The minimum absolute atomic E-state index is 0. The van der Waals surface area contributed by atoms with E-state index in [1.54, 1.807) is 14.2 Å². The maximum absolute atomic E-state index is 4.97. The van der Waals surface area contributed by atoms with Crippen LogP contribution < -0.4 is 10.6 Å². The van der Waals surface area contributed by atoms with Crippen molar-refractivity contribution in [3.05, 3.63) is 18.0 Å². The molecule has 0 bridgehead atoms. The summed E-state index contributed by atoms with van der Waals surface area (Å²) in [6.45, 7) is 2.33. The smallest absolute Gasteiger partial charge is 0.191 e. The van der Waals surface area contributed by atoms with Gasteiger partial charge in [0, 0.05) is 40.5 Å². The van der Waals surface area contributed by atoms with Crippen LogP contribution in [0.3, 0.4) is 0 Å². The van der Waals surface area contributed by atoms with Gasteiger partial charge in [-0.15, -0.1) is 24.0 Å². The number of ether oxygens (including phenoxy) is 1. The Morgan fingerprint density at radius 2 is 2.16 bits per heavy atom. The summed E-state index contributed by atoms with van der Waals surface area (Å²) in [7, 11) is 5.39. The Morgan fingerprint density at radius 3 is 2.74 bits per heavy atom. The number of rotatable bonds is 7. The molecular weight excluding hydrogens is 357 g/mol. The van der Waals surface area contributed by atoms with Crippen LogP contribution >= 0.6 is 24.0 Å². The topological polar surface area (TPSA) is 63.5 Å². The van der Waals surface area contributed by atoms with Gasteiger partial charge in [0.25, 0.3) is 0 Å². The summed E-state index contributed by atoms with van der Waals surface area (Å²) in [6, 6.07) is 0. The molecule has 1 aromatic rings. The molecule has 0 saturated carbocycles. The number of hydrogen-bond acceptors (Lipinski definition) is 3. The molecule has 0 fully saturated rings. The number of aromatic nitrogens is 2. The van der Waals surface area contributed by atoms with Gasteiger partial charge < -0.3 is 15.4 Å². The predicted molar refractivity (Wildman–Crippen MR) is 88.2 cm³/mol. The largest absolute Gasteiger partial charge is 0.383 e. The first kappa shape index (κ1) is 18.2. The third kappa shape index (κ3) is 8.04. The van der Waals surface area contributed by atoms with Gasteiger partial charge in [-0.3, -0.25) is 9.67 Å². The second kappa shape index (κ2) is 11.0. The highest BCUT2D eigenvalue weighted by molar-refractivity contribution is 14.0.